The lowest BCUT2D eigenvalue weighted by Gasteiger charge is -2.03. The van der Waals surface area contributed by atoms with Gasteiger partial charge in [0.2, 0.25) is 0 Å². The van der Waals surface area contributed by atoms with Crippen LogP contribution >= 0.6 is 0 Å². The van der Waals surface area contributed by atoms with Crippen molar-refractivity contribution in [2.45, 2.75) is 19.8 Å². The molecular formula is C10H11NO. The van der Waals surface area contributed by atoms with E-state index in [9.17, 15) is 0 Å². The molecule has 2 heteroatoms. The summed E-state index contributed by atoms with van der Waals surface area (Å²) < 4.78 is 5.20. The summed E-state index contributed by atoms with van der Waals surface area (Å²) in [5.41, 5.74) is 3.12. The third-order valence-electron chi connectivity index (χ3n) is 2.01. The van der Waals surface area contributed by atoms with E-state index in [0.717, 1.165) is 11.1 Å². The summed E-state index contributed by atoms with van der Waals surface area (Å²) >= 11 is 0. The Balaban J connectivity index is 2.73. The molecule has 0 aliphatic rings. The molecule has 0 radical (unpaired) electrons. The van der Waals surface area contributed by atoms with E-state index in [-0.39, 0.29) is 0 Å². The molecule has 0 unspecified atom stereocenters. The zero-order chi connectivity index (χ0) is 8.55. The van der Waals surface area contributed by atoms with Crippen molar-refractivity contribution in [2.24, 2.45) is 0 Å². The number of oxazole rings is 1. The lowest BCUT2D eigenvalue weighted by molar-refractivity contribution is 0.602. The molecule has 0 aliphatic carbocycles. The SMILES string of the molecule is CC(C)c1cccc2ocnc12. The Bertz CT molecular complexity index is 389. The van der Waals surface area contributed by atoms with Gasteiger partial charge in [0.1, 0.15) is 5.52 Å². The molecule has 1 aromatic heterocycles. The van der Waals surface area contributed by atoms with E-state index < -0.39 is 0 Å². The van der Waals surface area contributed by atoms with Crippen LogP contribution in [0.25, 0.3) is 11.1 Å². The normalized spacial score (nSPS) is 11.2. The van der Waals surface area contributed by atoms with Crippen LogP contribution in [0.2, 0.25) is 0 Å². The van der Waals surface area contributed by atoms with Gasteiger partial charge in [0, 0.05) is 0 Å². The van der Waals surface area contributed by atoms with Gasteiger partial charge in [-0.3, -0.25) is 0 Å². The minimum atomic E-state index is 0.499. The molecule has 2 aromatic rings. The maximum atomic E-state index is 5.20. The summed E-state index contributed by atoms with van der Waals surface area (Å²) in [7, 11) is 0. The third-order valence-corrected chi connectivity index (χ3v) is 2.01. The van der Waals surface area contributed by atoms with Crippen molar-refractivity contribution in [3.63, 3.8) is 0 Å². The Labute approximate surface area is 71.2 Å². The van der Waals surface area contributed by atoms with Gasteiger partial charge in [-0.15, -0.1) is 0 Å². The third kappa shape index (κ3) is 0.998. The lowest BCUT2D eigenvalue weighted by Crippen LogP contribution is -1.87. The van der Waals surface area contributed by atoms with Crippen LogP contribution in [0.15, 0.2) is 29.0 Å². The molecule has 0 spiro atoms. The molecule has 0 aliphatic heterocycles. The highest BCUT2D eigenvalue weighted by molar-refractivity contribution is 5.76. The Kier molecular flexibility index (Phi) is 1.61. The molecule has 0 saturated carbocycles. The number of para-hydroxylation sites is 1. The number of hydrogen-bond donors (Lipinski definition) is 0. The number of aromatic nitrogens is 1. The number of benzene rings is 1. The molecule has 12 heavy (non-hydrogen) atoms. The summed E-state index contributed by atoms with van der Waals surface area (Å²) in [6.45, 7) is 4.31. The quantitative estimate of drug-likeness (QED) is 0.642. The summed E-state index contributed by atoms with van der Waals surface area (Å²) in [4.78, 5) is 4.17. The van der Waals surface area contributed by atoms with Crippen molar-refractivity contribution in [2.75, 3.05) is 0 Å². The molecule has 0 bridgehead atoms. The molecule has 0 saturated heterocycles. The summed E-state index contributed by atoms with van der Waals surface area (Å²) in [5, 5.41) is 0. The summed E-state index contributed by atoms with van der Waals surface area (Å²) in [6.07, 6.45) is 1.50. The van der Waals surface area contributed by atoms with Crippen molar-refractivity contribution in [1.82, 2.24) is 4.98 Å². The van der Waals surface area contributed by atoms with Gasteiger partial charge >= 0.3 is 0 Å². The molecule has 0 fully saturated rings. The van der Waals surface area contributed by atoms with Crippen molar-refractivity contribution in [3.05, 3.63) is 30.2 Å². The first kappa shape index (κ1) is 7.35. The summed E-state index contributed by atoms with van der Waals surface area (Å²) in [6, 6.07) is 6.03. The largest absolute Gasteiger partial charge is 0.443 e. The molecule has 2 nitrogen and oxygen atoms in total. The average Bonchev–Trinajstić information content (AvgIpc) is 2.49. The second-order valence-corrected chi connectivity index (χ2v) is 3.20. The molecule has 2 rings (SSSR count). The van der Waals surface area contributed by atoms with Gasteiger partial charge in [-0.25, -0.2) is 4.98 Å². The fourth-order valence-corrected chi connectivity index (χ4v) is 1.37. The van der Waals surface area contributed by atoms with Gasteiger partial charge in [-0.1, -0.05) is 26.0 Å². The Morgan fingerprint density at radius 1 is 1.33 bits per heavy atom. The minimum absolute atomic E-state index is 0.499. The van der Waals surface area contributed by atoms with E-state index in [1.54, 1.807) is 0 Å². The van der Waals surface area contributed by atoms with Crippen LogP contribution in [0.4, 0.5) is 0 Å². The van der Waals surface area contributed by atoms with Crippen LogP contribution in [0.1, 0.15) is 25.3 Å². The smallest absolute Gasteiger partial charge is 0.181 e. The van der Waals surface area contributed by atoms with E-state index in [1.165, 1.54) is 12.0 Å². The highest BCUT2D eigenvalue weighted by Crippen LogP contribution is 2.23. The van der Waals surface area contributed by atoms with Crippen LogP contribution in [0.5, 0.6) is 0 Å². The lowest BCUT2D eigenvalue weighted by atomic mass is 10.0. The molecule has 0 atom stereocenters. The molecule has 1 aromatic carbocycles. The van der Waals surface area contributed by atoms with Gasteiger partial charge in [0.15, 0.2) is 12.0 Å². The molecule has 62 valence electrons. The second-order valence-electron chi connectivity index (χ2n) is 3.20. The topological polar surface area (TPSA) is 26.0 Å². The number of fused-ring (bicyclic) bond motifs is 1. The van der Waals surface area contributed by atoms with Crippen molar-refractivity contribution >= 4 is 11.1 Å². The minimum Gasteiger partial charge on any atom is -0.443 e. The maximum Gasteiger partial charge on any atom is 0.181 e. The number of nitrogens with zero attached hydrogens (tertiary/aromatic N) is 1. The van der Waals surface area contributed by atoms with Crippen LogP contribution in [-0.2, 0) is 0 Å². The van der Waals surface area contributed by atoms with Gasteiger partial charge in [0.05, 0.1) is 0 Å². The van der Waals surface area contributed by atoms with E-state index in [2.05, 4.69) is 24.9 Å². The Morgan fingerprint density at radius 3 is 2.92 bits per heavy atom. The first-order valence-corrected chi connectivity index (χ1v) is 4.11. The van der Waals surface area contributed by atoms with Crippen molar-refractivity contribution in [1.29, 1.82) is 0 Å². The fourth-order valence-electron chi connectivity index (χ4n) is 1.37. The van der Waals surface area contributed by atoms with Crippen LogP contribution in [0.3, 0.4) is 0 Å². The zero-order valence-corrected chi connectivity index (χ0v) is 7.24. The highest BCUT2D eigenvalue weighted by Gasteiger charge is 2.06. The Morgan fingerprint density at radius 2 is 2.17 bits per heavy atom. The van der Waals surface area contributed by atoms with Gasteiger partial charge in [-0.2, -0.15) is 0 Å². The highest BCUT2D eigenvalue weighted by atomic mass is 16.3. The predicted octanol–water partition coefficient (Wildman–Crippen LogP) is 2.95. The van der Waals surface area contributed by atoms with Crippen LogP contribution < -0.4 is 0 Å². The van der Waals surface area contributed by atoms with E-state index in [1.807, 2.05) is 12.1 Å². The second kappa shape index (κ2) is 2.63. The van der Waals surface area contributed by atoms with Gasteiger partial charge in [-0.05, 0) is 17.5 Å². The molecule has 0 N–H and O–H groups in total. The van der Waals surface area contributed by atoms with E-state index in [0.29, 0.717) is 5.92 Å². The number of rotatable bonds is 1. The first-order valence-electron chi connectivity index (χ1n) is 4.11. The summed E-state index contributed by atoms with van der Waals surface area (Å²) in [5.74, 6) is 0.499. The van der Waals surface area contributed by atoms with Crippen molar-refractivity contribution in [3.8, 4) is 0 Å². The Hall–Kier alpha value is -1.31. The number of hydrogen-bond acceptors (Lipinski definition) is 2. The molecule has 1 heterocycles. The van der Waals surface area contributed by atoms with Crippen LogP contribution in [0, 0.1) is 0 Å². The fraction of sp³-hybridized carbons (Fsp3) is 0.300. The van der Waals surface area contributed by atoms with E-state index >= 15 is 0 Å². The average molecular weight is 161 g/mol. The monoisotopic (exact) mass is 161 g/mol. The first-order chi connectivity index (χ1) is 5.79. The van der Waals surface area contributed by atoms with Gasteiger partial charge < -0.3 is 4.42 Å². The zero-order valence-electron chi connectivity index (χ0n) is 7.24. The van der Waals surface area contributed by atoms with E-state index in [4.69, 9.17) is 4.42 Å². The predicted molar refractivity (Wildman–Crippen MR) is 48.1 cm³/mol. The van der Waals surface area contributed by atoms with Crippen LogP contribution in [-0.4, -0.2) is 4.98 Å². The standard InChI is InChI=1S/C10H11NO/c1-7(2)8-4-3-5-9-10(8)11-6-12-9/h3-7H,1-2H3. The van der Waals surface area contributed by atoms with Crippen molar-refractivity contribution < 1.29 is 4.42 Å². The molecular weight excluding hydrogens is 150 g/mol. The van der Waals surface area contributed by atoms with Gasteiger partial charge in [0.25, 0.3) is 0 Å². The maximum absolute atomic E-state index is 5.20. The molecule has 0 amide bonds.